The fourth-order valence-corrected chi connectivity index (χ4v) is 5.43. The van der Waals surface area contributed by atoms with Gasteiger partial charge in [0.25, 0.3) is 15.6 Å². The Balaban J connectivity index is 1.80. The smallest absolute Gasteiger partial charge is 0.352 e. The predicted octanol–water partition coefficient (Wildman–Crippen LogP) is 5.14. The number of halogens is 5. The minimum Gasteiger partial charge on any atom is -0.352 e. The van der Waals surface area contributed by atoms with Crippen molar-refractivity contribution < 1.29 is 35.6 Å². The molecule has 1 N–H and O–H groups in total. The molecule has 0 radical (unpaired) electrons. The number of nitrogens with zero attached hydrogens (tertiary/aromatic N) is 3. The van der Waals surface area contributed by atoms with Crippen LogP contribution < -0.4 is 15.3 Å². The van der Waals surface area contributed by atoms with Gasteiger partial charge in [-0.2, -0.15) is 13.2 Å². The normalized spacial score (nSPS) is 14.0. The van der Waals surface area contributed by atoms with E-state index in [1.807, 2.05) is 0 Å². The molecule has 4 rings (SSSR count). The zero-order valence-corrected chi connectivity index (χ0v) is 21.5. The molecule has 9 nitrogen and oxygen atoms in total. The number of aryl methyl sites for hydroxylation is 1. The fourth-order valence-electron chi connectivity index (χ4n) is 3.78. The van der Waals surface area contributed by atoms with Crippen molar-refractivity contribution in [1.29, 1.82) is 0 Å². The van der Waals surface area contributed by atoms with E-state index < -0.39 is 50.1 Å². The zero-order chi connectivity index (χ0) is 28.0. The molecule has 1 aromatic heterocycles. The van der Waals surface area contributed by atoms with Crippen LogP contribution >= 0.6 is 11.6 Å². The monoisotopic (exact) mass is 576 g/mol. The summed E-state index contributed by atoms with van der Waals surface area (Å²) in [5.41, 5.74) is -0.551. The molecule has 204 valence electrons. The molecule has 15 heteroatoms. The van der Waals surface area contributed by atoms with Crippen molar-refractivity contribution in [3.8, 4) is 0 Å². The number of carbonyl (C=O) groups excluding carboxylic acids is 1. The van der Waals surface area contributed by atoms with E-state index in [9.17, 15) is 35.6 Å². The summed E-state index contributed by atoms with van der Waals surface area (Å²) in [4.78, 5) is 33.0. The third kappa shape index (κ3) is 5.27. The number of carbonyl (C=O) groups is 1. The molecule has 2 aromatic carbocycles. The third-order valence-electron chi connectivity index (χ3n) is 5.79. The number of benzene rings is 2. The first-order valence-corrected chi connectivity index (χ1v) is 13.3. The van der Waals surface area contributed by atoms with E-state index >= 15 is 0 Å². The van der Waals surface area contributed by atoms with Gasteiger partial charge in [-0.1, -0.05) is 23.0 Å². The lowest BCUT2D eigenvalue weighted by molar-refractivity contribution is -0.199. The number of alkyl halides is 3. The summed E-state index contributed by atoms with van der Waals surface area (Å²) in [6, 6.07) is 4.57. The Morgan fingerprint density at radius 2 is 1.95 bits per heavy atom. The summed E-state index contributed by atoms with van der Waals surface area (Å²) < 4.78 is 80.2. The Kier molecular flexibility index (Phi) is 7.32. The van der Waals surface area contributed by atoms with Crippen LogP contribution in [0.5, 0.6) is 0 Å². The van der Waals surface area contributed by atoms with Crippen molar-refractivity contribution in [1.82, 2.24) is 9.55 Å². The van der Waals surface area contributed by atoms with Crippen LogP contribution in [0.15, 0.2) is 35.4 Å². The van der Waals surface area contributed by atoms with Crippen molar-refractivity contribution in [2.45, 2.75) is 45.3 Å². The number of rotatable bonds is 8. The summed E-state index contributed by atoms with van der Waals surface area (Å²) in [7, 11) is -4.65. The van der Waals surface area contributed by atoms with Gasteiger partial charge < -0.3 is 10.2 Å². The lowest BCUT2D eigenvalue weighted by Crippen LogP contribution is -2.40. The van der Waals surface area contributed by atoms with Gasteiger partial charge in [0.15, 0.2) is 0 Å². The number of nitrogens with one attached hydrogen (secondary N) is 1. The second-order valence-electron chi connectivity index (χ2n) is 8.62. The molecule has 0 spiro atoms. The molecule has 1 fully saturated rings. The number of anilines is 3. The highest BCUT2D eigenvalue weighted by Gasteiger charge is 2.45. The second kappa shape index (κ2) is 10.1. The molecule has 1 aliphatic carbocycles. The Bertz CT molecular complexity index is 1590. The van der Waals surface area contributed by atoms with Crippen LogP contribution in [-0.2, 0) is 19.7 Å². The van der Waals surface area contributed by atoms with Crippen LogP contribution in [-0.4, -0.2) is 35.9 Å². The van der Waals surface area contributed by atoms with E-state index in [4.69, 9.17) is 11.6 Å². The maximum atomic E-state index is 14.9. The van der Waals surface area contributed by atoms with Crippen LogP contribution in [0.4, 0.5) is 34.6 Å². The lowest BCUT2D eigenvalue weighted by atomic mass is 10.1. The maximum Gasteiger partial charge on any atom is 0.493 e. The minimum atomic E-state index is -5.52. The summed E-state index contributed by atoms with van der Waals surface area (Å²) in [5.74, 6) is -4.50. The van der Waals surface area contributed by atoms with E-state index in [0.717, 1.165) is 25.0 Å². The number of aromatic nitrogens is 2. The number of hydrogen-bond acceptors (Lipinski definition) is 7. The van der Waals surface area contributed by atoms with E-state index in [-0.39, 0.29) is 33.6 Å². The predicted molar refractivity (Wildman–Crippen MR) is 132 cm³/mol. The van der Waals surface area contributed by atoms with Gasteiger partial charge in [0.2, 0.25) is 0 Å². The molecule has 1 saturated carbocycles. The first-order valence-electron chi connectivity index (χ1n) is 11.3. The van der Waals surface area contributed by atoms with Gasteiger partial charge in [0.05, 0.1) is 33.7 Å². The summed E-state index contributed by atoms with van der Waals surface area (Å²) in [5, 5.41) is 2.27. The van der Waals surface area contributed by atoms with E-state index in [1.54, 1.807) is 6.92 Å². The van der Waals surface area contributed by atoms with Gasteiger partial charge in [-0.15, -0.1) is 0 Å². The van der Waals surface area contributed by atoms with Gasteiger partial charge >= 0.3 is 12.1 Å². The van der Waals surface area contributed by atoms with Crippen LogP contribution in [0.2, 0.25) is 5.02 Å². The molecular weight excluding hydrogens is 556 g/mol. The second-order valence-corrected chi connectivity index (χ2v) is 10.9. The Labute approximate surface area is 219 Å². The average Bonchev–Trinajstić information content (AvgIpc) is 3.66. The zero-order valence-electron chi connectivity index (χ0n) is 20.0. The number of fused-ring (bicyclic) bond motifs is 1. The van der Waals surface area contributed by atoms with Crippen molar-refractivity contribution in [2.24, 2.45) is 0 Å². The van der Waals surface area contributed by atoms with Gasteiger partial charge in [-0.25, -0.2) is 22.6 Å². The topological polar surface area (TPSA) is 111 Å². The highest BCUT2D eigenvalue weighted by atomic mass is 35.5. The highest BCUT2D eigenvalue weighted by molar-refractivity contribution is 7.92. The van der Waals surface area contributed by atoms with Crippen molar-refractivity contribution in [3.63, 3.8) is 0 Å². The molecule has 1 heterocycles. The highest BCUT2D eigenvalue weighted by Crippen LogP contribution is 2.40. The van der Waals surface area contributed by atoms with E-state index in [1.165, 1.54) is 30.0 Å². The molecule has 0 atom stereocenters. The van der Waals surface area contributed by atoms with Gasteiger partial charge in [-0.3, -0.25) is 9.36 Å². The molecule has 0 aliphatic heterocycles. The van der Waals surface area contributed by atoms with Crippen molar-refractivity contribution in [3.05, 3.63) is 57.3 Å². The molecular formula is C23H21ClF4N4O5S. The average molecular weight is 577 g/mol. The van der Waals surface area contributed by atoms with Crippen molar-refractivity contribution >= 4 is 55.6 Å². The lowest BCUT2D eigenvalue weighted by Gasteiger charge is -2.25. The number of hydrogen-bond donors (Lipinski definition) is 1. The Hall–Kier alpha value is -3.39. The van der Waals surface area contributed by atoms with Crippen LogP contribution in [0, 0.1) is 12.7 Å². The fraction of sp³-hybridized carbons (Fsp3) is 0.348. The maximum absolute atomic E-state index is 14.9. The summed E-state index contributed by atoms with van der Waals surface area (Å²) >= 11 is 6.28. The Morgan fingerprint density at radius 1 is 1.26 bits per heavy atom. The molecule has 38 heavy (non-hydrogen) atoms. The van der Waals surface area contributed by atoms with Crippen LogP contribution in [0.3, 0.4) is 0 Å². The summed E-state index contributed by atoms with van der Waals surface area (Å²) in [6.45, 7) is 3.03. The first-order chi connectivity index (χ1) is 17.8. The van der Waals surface area contributed by atoms with Crippen molar-refractivity contribution in [2.75, 3.05) is 15.5 Å². The molecule has 0 saturated heterocycles. The molecule has 0 amide bonds. The first kappa shape index (κ1) is 27.6. The van der Waals surface area contributed by atoms with Gasteiger partial charge in [0.1, 0.15) is 11.5 Å². The SMILES string of the molecule is CCCS(=O)(=O)N(OC(=O)C(F)(F)F)c1ccc(F)c(Nc2ccc3ncn(C4CC4)c(=O)c3c2C)c1Cl. The number of sulfonamides is 1. The largest absolute Gasteiger partial charge is 0.493 e. The van der Waals surface area contributed by atoms with Crippen LogP contribution in [0.25, 0.3) is 10.9 Å². The van der Waals surface area contributed by atoms with Crippen LogP contribution in [0.1, 0.15) is 37.8 Å². The molecule has 1 aliphatic rings. The minimum absolute atomic E-state index is 0.0327. The van der Waals surface area contributed by atoms with E-state index in [2.05, 4.69) is 15.1 Å². The third-order valence-corrected chi connectivity index (χ3v) is 7.88. The Morgan fingerprint density at radius 3 is 2.55 bits per heavy atom. The summed E-state index contributed by atoms with van der Waals surface area (Å²) in [6.07, 6.45) is -2.41. The molecule has 0 unspecified atom stereocenters. The molecule has 3 aromatic rings. The van der Waals surface area contributed by atoms with Gasteiger partial charge in [0, 0.05) is 11.7 Å². The standard InChI is InChI=1S/C23H21ClF4N4O5S/c1-3-10-38(35,36)32(37-22(34)23(26,27)28)17-9-6-14(25)20(19(17)24)30-15-7-8-16-18(12(15)2)21(33)31(11-29-16)13-4-5-13/h6-9,11,13,30H,3-5,10H2,1-2H3. The van der Waals surface area contributed by atoms with E-state index in [0.29, 0.717) is 11.1 Å². The quantitative estimate of drug-likeness (QED) is 0.292. The van der Waals surface area contributed by atoms with Gasteiger partial charge in [-0.05, 0) is 56.0 Å². The molecule has 0 bridgehead atoms.